The summed E-state index contributed by atoms with van der Waals surface area (Å²) < 4.78 is 0. The topological polar surface area (TPSA) is 152 Å². The quantitative estimate of drug-likeness (QED) is 0.386. The number of hydrogen-bond donors (Lipinski definition) is 5. The number of aromatic nitrogens is 2. The second-order valence-corrected chi connectivity index (χ2v) is 3.03. The van der Waals surface area contributed by atoms with Gasteiger partial charge in [0.15, 0.2) is 6.04 Å². The highest BCUT2D eigenvalue weighted by atomic mass is 16.4. The average molecular weight is 243 g/mol. The number of rotatable bonds is 4. The molecule has 1 aromatic heterocycles. The maximum absolute atomic E-state index is 11.4. The summed E-state index contributed by atoms with van der Waals surface area (Å²) in [5, 5.41) is 19.1. The van der Waals surface area contributed by atoms with Gasteiger partial charge in [-0.2, -0.15) is 0 Å². The average Bonchev–Trinajstić information content (AvgIpc) is 2.24. The highest BCUT2D eigenvalue weighted by Gasteiger charge is 2.21. The second-order valence-electron chi connectivity index (χ2n) is 3.03. The molecule has 92 valence electrons. The summed E-state index contributed by atoms with van der Waals surface area (Å²) >= 11 is 0. The molecule has 1 rings (SSSR count). The van der Waals surface area contributed by atoms with E-state index in [1.54, 1.807) is 4.98 Å². The molecule has 9 nitrogen and oxygen atoms in total. The van der Waals surface area contributed by atoms with Crippen molar-refractivity contribution < 1.29 is 19.8 Å². The Morgan fingerprint density at radius 3 is 2.53 bits per heavy atom. The lowest BCUT2D eigenvalue weighted by atomic mass is 10.2. The molecule has 17 heavy (non-hydrogen) atoms. The molecule has 0 unspecified atom stereocenters. The molecule has 1 heterocycles. The molecule has 0 saturated heterocycles. The van der Waals surface area contributed by atoms with Gasteiger partial charge >= 0.3 is 11.7 Å². The monoisotopic (exact) mass is 243 g/mol. The number of aromatic amines is 2. The van der Waals surface area contributed by atoms with Crippen LogP contribution in [0, 0.1) is 0 Å². The molecule has 0 bridgehead atoms. The summed E-state index contributed by atoms with van der Waals surface area (Å²) in [5.74, 6) is -2.45. The number of aliphatic hydroxyl groups is 1. The van der Waals surface area contributed by atoms with Crippen molar-refractivity contribution in [1.82, 2.24) is 15.3 Å². The largest absolute Gasteiger partial charge is 0.480 e. The van der Waals surface area contributed by atoms with E-state index in [1.807, 2.05) is 5.32 Å². The van der Waals surface area contributed by atoms with Crippen LogP contribution in [0.25, 0.3) is 0 Å². The number of aliphatic hydroxyl groups excluding tert-OH is 1. The van der Waals surface area contributed by atoms with Crippen molar-refractivity contribution in [1.29, 1.82) is 0 Å². The summed E-state index contributed by atoms with van der Waals surface area (Å²) in [5.41, 5.74) is -2.19. The van der Waals surface area contributed by atoms with E-state index in [1.165, 1.54) is 0 Å². The fourth-order valence-corrected chi connectivity index (χ4v) is 1.000. The van der Waals surface area contributed by atoms with E-state index in [9.17, 15) is 19.2 Å². The first-order valence-electron chi connectivity index (χ1n) is 4.42. The van der Waals surface area contributed by atoms with Crippen LogP contribution in [0.4, 0.5) is 0 Å². The van der Waals surface area contributed by atoms with Gasteiger partial charge in [0.2, 0.25) is 0 Å². The van der Waals surface area contributed by atoms with Crippen LogP contribution in [0.2, 0.25) is 0 Å². The summed E-state index contributed by atoms with van der Waals surface area (Å²) in [7, 11) is 0. The number of carbonyl (C=O) groups excluding carboxylic acids is 1. The summed E-state index contributed by atoms with van der Waals surface area (Å²) in [6.45, 7) is -0.817. The van der Waals surface area contributed by atoms with Crippen molar-refractivity contribution in [3.8, 4) is 0 Å². The van der Waals surface area contributed by atoms with E-state index in [-0.39, 0.29) is 0 Å². The standard InChI is InChI=1S/C8H9N3O6/c12-2-4(7(15)16)10-5(13)3-1-9-8(17)11-6(3)14/h1,4,12H,2H2,(H,10,13)(H,15,16)(H2,9,11,14,17)/t4-/m1/s1. The molecule has 0 aromatic carbocycles. The molecule has 1 amide bonds. The number of carbonyl (C=O) groups is 2. The van der Waals surface area contributed by atoms with Gasteiger partial charge in [0.25, 0.3) is 11.5 Å². The number of hydrogen-bond acceptors (Lipinski definition) is 5. The summed E-state index contributed by atoms with van der Waals surface area (Å²) in [6.07, 6.45) is 0.854. The predicted octanol–water partition coefficient (Wildman–Crippen LogP) is -2.76. The molecule has 0 aliphatic heterocycles. The van der Waals surface area contributed by atoms with Gasteiger partial charge in [-0.25, -0.2) is 9.59 Å². The van der Waals surface area contributed by atoms with Crippen LogP contribution in [0.15, 0.2) is 15.8 Å². The Balaban J connectivity index is 2.94. The lowest BCUT2D eigenvalue weighted by Gasteiger charge is -2.10. The van der Waals surface area contributed by atoms with Gasteiger partial charge in [-0.05, 0) is 0 Å². The van der Waals surface area contributed by atoms with Crippen LogP contribution >= 0.6 is 0 Å². The number of aliphatic carboxylic acids is 1. The zero-order chi connectivity index (χ0) is 13.0. The van der Waals surface area contributed by atoms with E-state index in [0.29, 0.717) is 0 Å². The van der Waals surface area contributed by atoms with Gasteiger partial charge in [-0.1, -0.05) is 0 Å². The van der Waals surface area contributed by atoms with Gasteiger partial charge < -0.3 is 20.5 Å². The predicted molar refractivity (Wildman–Crippen MR) is 53.7 cm³/mol. The summed E-state index contributed by atoms with van der Waals surface area (Å²) in [6, 6.07) is -1.52. The molecule has 0 spiro atoms. The Bertz CT molecular complexity index is 545. The zero-order valence-corrected chi connectivity index (χ0v) is 8.39. The van der Waals surface area contributed by atoms with E-state index in [2.05, 4.69) is 4.98 Å². The Morgan fingerprint density at radius 1 is 1.41 bits per heavy atom. The zero-order valence-electron chi connectivity index (χ0n) is 8.39. The van der Waals surface area contributed by atoms with Crippen LogP contribution in [-0.4, -0.2) is 44.7 Å². The Labute approximate surface area is 93.1 Å². The fourth-order valence-electron chi connectivity index (χ4n) is 1.000. The lowest BCUT2D eigenvalue weighted by molar-refractivity contribution is -0.140. The smallest absolute Gasteiger partial charge is 0.328 e. The molecule has 0 saturated carbocycles. The Morgan fingerprint density at radius 2 is 2.06 bits per heavy atom. The van der Waals surface area contributed by atoms with Gasteiger partial charge in [-0.15, -0.1) is 0 Å². The van der Waals surface area contributed by atoms with Gasteiger partial charge in [-0.3, -0.25) is 14.6 Å². The molecular weight excluding hydrogens is 234 g/mol. The van der Waals surface area contributed by atoms with Gasteiger partial charge in [0.1, 0.15) is 5.56 Å². The second kappa shape index (κ2) is 5.07. The molecule has 1 atom stereocenters. The third kappa shape index (κ3) is 3.01. The minimum atomic E-state index is -1.52. The molecule has 5 N–H and O–H groups in total. The number of nitrogens with one attached hydrogen (secondary N) is 3. The van der Waals surface area contributed by atoms with Crippen LogP contribution in [0.3, 0.4) is 0 Å². The van der Waals surface area contributed by atoms with Crippen molar-refractivity contribution in [3.05, 3.63) is 32.6 Å². The normalized spacial score (nSPS) is 11.8. The van der Waals surface area contributed by atoms with Crippen LogP contribution in [0.1, 0.15) is 10.4 Å². The van der Waals surface area contributed by atoms with Crippen molar-refractivity contribution in [2.75, 3.05) is 6.61 Å². The minimum absolute atomic E-state index is 0.454. The highest BCUT2D eigenvalue weighted by Crippen LogP contribution is 1.89. The first-order valence-corrected chi connectivity index (χ1v) is 4.42. The molecule has 0 aliphatic carbocycles. The maximum atomic E-state index is 11.4. The van der Waals surface area contributed by atoms with Crippen LogP contribution in [-0.2, 0) is 4.79 Å². The minimum Gasteiger partial charge on any atom is -0.480 e. The fraction of sp³-hybridized carbons (Fsp3) is 0.250. The van der Waals surface area contributed by atoms with Crippen molar-refractivity contribution in [3.63, 3.8) is 0 Å². The number of H-pyrrole nitrogens is 2. The number of carboxylic acids is 1. The molecule has 1 aromatic rings. The third-order valence-electron chi connectivity index (χ3n) is 1.85. The van der Waals surface area contributed by atoms with E-state index >= 15 is 0 Å². The van der Waals surface area contributed by atoms with E-state index in [4.69, 9.17) is 10.2 Å². The van der Waals surface area contributed by atoms with E-state index < -0.39 is 41.3 Å². The SMILES string of the molecule is O=C(N[C@H](CO)C(=O)O)c1c[nH]c(=O)[nH]c1=O. The molecular formula is C8H9N3O6. The van der Waals surface area contributed by atoms with Gasteiger partial charge in [0, 0.05) is 6.20 Å². The molecule has 0 aliphatic rings. The van der Waals surface area contributed by atoms with Crippen molar-refractivity contribution >= 4 is 11.9 Å². The summed E-state index contributed by atoms with van der Waals surface area (Å²) in [4.78, 5) is 47.7. The van der Waals surface area contributed by atoms with Crippen LogP contribution < -0.4 is 16.6 Å². The van der Waals surface area contributed by atoms with E-state index in [0.717, 1.165) is 6.20 Å². The molecule has 0 fully saturated rings. The molecule has 0 radical (unpaired) electrons. The highest BCUT2D eigenvalue weighted by molar-refractivity contribution is 5.95. The van der Waals surface area contributed by atoms with Crippen LogP contribution in [0.5, 0.6) is 0 Å². The van der Waals surface area contributed by atoms with Crippen molar-refractivity contribution in [2.45, 2.75) is 6.04 Å². The first-order chi connectivity index (χ1) is 7.95. The van der Waals surface area contributed by atoms with Gasteiger partial charge in [0.05, 0.1) is 6.61 Å². The lowest BCUT2D eigenvalue weighted by Crippen LogP contribution is -2.45. The third-order valence-corrected chi connectivity index (χ3v) is 1.85. The number of amides is 1. The maximum Gasteiger partial charge on any atom is 0.328 e. The Kier molecular flexibility index (Phi) is 3.78. The first kappa shape index (κ1) is 12.6. The number of carboxylic acid groups (broad SMARTS) is 1. The Hall–Kier alpha value is -2.42. The van der Waals surface area contributed by atoms with Crippen molar-refractivity contribution in [2.24, 2.45) is 0 Å². The molecule has 9 heteroatoms.